The van der Waals surface area contributed by atoms with Gasteiger partial charge in [-0.1, -0.05) is 188 Å². The van der Waals surface area contributed by atoms with Gasteiger partial charge in [-0.3, -0.25) is 0 Å². The maximum Gasteiger partial charge on any atom is 0.160 e. The average molecular weight is 817 g/mol. The lowest BCUT2D eigenvalue weighted by Crippen LogP contribution is -2.11. The molecule has 4 heteroatoms. The third-order valence-corrected chi connectivity index (χ3v) is 12.4. The summed E-state index contributed by atoms with van der Waals surface area (Å²) in [5.41, 5.74) is 19.9. The fourth-order valence-corrected chi connectivity index (χ4v) is 9.33. The van der Waals surface area contributed by atoms with Gasteiger partial charge in [0.05, 0.1) is 34.0 Å². The van der Waals surface area contributed by atoms with Crippen LogP contribution in [0.5, 0.6) is 0 Å². The summed E-state index contributed by atoms with van der Waals surface area (Å²) in [5.74, 6) is 0.699. The van der Waals surface area contributed by atoms with Crippen LogP contribution in [0.2, 0.25) is 0 Å². The first-order chi connectivity index (χ1) is 31.7. The molecule has 0 fully saturated rings. The monoisotopic (exact) mass is 816 g/mol. The number of benzene rings is 9. The molecule has 0 spiro atoms. The summed E-state index contributed by atoms with van der Waals surface area (Å²) in [5, 5.41) is 1.21. The quantitative estimate of drug-likeness (QED) is 0.161. The number of nitrogens with zero attached hydrogens (tertiary/aromatic N) is 4. The van der Waals surface area contributed by atoms with Gasteiger partial charge in [0.1, 0.15) is 0 Å². The topological polar surface area (TPSA) is 34.0 Å². The van der Waals surface area contributed by atoms with Crippen LogP contribution in [0.1, 0.15) is 0 Å². The van der Waals surface area contributed by atoms with E-state index in [1.807, 2.05) is 24.3 Å². The first-order valence-corrected chi connectivity index (χ1v) is 21.7. The number of para-hydroxylation sites is 4. The minimum atomic E-state index is 0.699. The Balaban J connectivity index is 1.00. The molecule has 0 radical (unpaired) electrons. The van der Waals surface area contributed by atoms with Crippen LogP contribution in [0.4, 0.5) is 17.1 Å². The molecule has 0 N–H and O–H groups in total. The molecular weight excluding hydrogens is 777 g/mol. The summed E-state index contributed by atoms with van der Waals surface area (Å²) < 4.78 is 2.45. The highest BCUT2D eigenvalue weighted by Crippen LogP contribution is 2.55. The summed E-state index contributed by atoms with van der Waals surface area (Å²) >= 11 is 0. The van der Waals surface area contributed by atoms with Crippen molar-refractivity contribution in [3.05, 3.63) is 243 Å². The largest absolute Gasteiger partial charge is 0.309 e. The van der Waals surface area contributed by atoms with E-state index in [9.17, 15) is 0 Å². The Kier molecular flexibility index (Phi) is 9.12. The summed E-state index contributed by atoms with van der Waals surface area (Å²) in [6.45, 7) is 0. The minimum Gasteiger partial charge on any atom is -0.309 e. The van der Waals surface area contributed by atoms with E-state index in [-0.39, 0.29) is 0 Å². The zero-order valence-electron chi connectivity index (χ0n) is 34.9. The lowest BCUT2D eigenvalue weighted by atomic mass is 9.94. The third kappa shape index (κ3) is 6.48. The minimum absolute atomic E-state index is 0.699. The molecule has 0 saturated carbocycles. The number of hydrogen-bond donors (Lipinski definition) is 0. The van der Waals surface area contributed by atoms with E-state index in [4.69, 9.17) is 9.97 Å². The molecule has 2 aromatic heterocycles. The highest BCUT2D eigenvalue weighted by Gasteiger charge is 2.31. The van der Waals surface area contributed by atoms with Crippen molar-refractivity contribution in [3.8, 4) is 84.2 Å². The Morgan fingerprint density at radius 1 is 0.312 bits per heavy atom. The second kappa shape index (κ2) is 15.7. The third-order valence-electron chi connectivity index (χ3n) is 12.4. The Labute approximate surface area is 372 Å². The van der Waals surface area contributed by atoms with Gasteiger partial charge in [-0.15, -0.1) is 0 Å². The van der Waals surface area contributed by atoms with Gasteiger partial charge in [0.2, 0.25) is 0 Å². The predicted molar refractivity (Wildman–Crippen MR) is 265 cm³/mol. The zero-order valence-corrected chi connectivity index (χ0v) is 34.9. The highest BCUT2D eigenvalue weighted by molar-refractivity contribution is 6.13. The zero-order chi connectivity index (χ0) is 42.4. The van der Waals surface area contributed by atoms with Gasteiger partial charge in [0.25, 0.3) is 0 Å². The molecule has 0 atom stereocenters. The van der Waals surface area contributed by atoms with Gasteiger partial charge in [-0.2, -0.15) is 0 Å². The van der Waals surface area contributed by atoms with E-state index < -0.39 is 0 Å². The standard InChI is InChI=1S/C60H40N4/c1-5-17-41(18-6-1)42-29-33-44(34-30-42)53-40-54(62-60(61-53)46-19-7-2-8-20-46)45-35-31-43(32-36-45)47-37-38-57-52(39-47)58-50-25-13-15-27-55(50)64(49-23-11-4-12-24-49)59(58)51-26-14-16-28-56(51)63(57)48-21-9-3-10-22-48/h1-40H. The van der Waals surface area contributed by atoms with Crippen LogP contribution in [0.15, 0.2) is 243 Å². The van der Waals surface area contributed by atoms with Crippen LogP contribution in [0.25, 0.3) is 95.1 Å². The van der Waals surface area contributed by atoms with E-state index in [2.05, 4.69) is 228 Å². The number of rotatable bonds is 7. The van der Waals surface area contributed by atoms with E-state index in [0.29, 0.717) is 5.82 Å². The van der Waals surface area contributed by atoms with E-state index >= 15 is 0 Å². The Bertz CT molecular complexity index is 3450. The lowest BCUT2D eigenvalue weighted by molar-refractivity contribution is 1.13. The van der Waals surface area contributed by atoms with E-state index in [0.717, 1.165) is 62.0 Å². The van der Waals surface area contributed by atoms with Crippen molar-refractivity contribution in [2.45, 2.75) is 0 Å². The van der Waals surface area contributed by atoms with E-state index in [1.54, 1.807) is 0 Å². The summed E-state index contributed by atoms with van der Waals surface area (Å²) in [4.78, 5) is 12.7. The summed E-state index contributed by atoms with van der Waals surface area (Å²) in [6, 6.07) is 86.4. The van der Waals surface area contributed by atoms with Crippen molar-refractivity contribution < 1.29 is 0 Å². The first kappa shape index (κ1) is 37.2. The van der Waals surface area contributed by atoms with Crippen molar-refractivity contribution >= 4 is 28.0 Å². The average Bonchev–Trinajstić information content (AvgIpc) is 3.66. The smallest absolute Gasteiger partial charge is 0.160 e. The first-order valence-electron chi connectivity index (χ1n) is 21.7. The van der Waals surface area contributed by atoms with Gasteiger partial charge in [0, 0.05) is 50.1 Å². The maximum absolute atomic E-state index is 5.15. The highest BCUT2D eigenvalue weighted by atomic mass is 15.2. The summed E-state index contributed by atoms with van der Waals surface area (Å²) in [6.07, 6.45) is 0. The number of hydrogen-bond acceptors (Lipinski definition) is 3. The second-order valence-corrected chi connectivity index (χ2v) is 16.2. The van der Waals surface area contributed by atoms with Crippen LogP contribution < -0.4 is 4.90 Å². The van der Waals surface area contributed by atoms with Gasteiger partial charge in [0.15, 0.2) is 5.82 Å². The van der Waals surface area contributed by atoms with Crippen molar-refractivity contribution in [3.63, 3.8) is 0 Å². The molecule has 0 saturated heterocycles. The SMILES string of the molecule is c1ccc(-c2ccc(-c3cc(-c4ccc(-c5ccc6c(c5)-c5c(n(-c7ccccc7)c7ccccc57)-c5ccccc5N6c5ccccc5)cc4)nc(-c4ccccc4)n3)cc2)cc1. The van der Waals surface area contributed by atoms with Crippen LogP contribution in [-0.4, -0.2) is 14.5 Å². The molecule has 300 valence electrons. The second-order valence-electron chi connectivity index (χ2n) is 16.2. The van der Waals surface area contributed by atoms with Gasteiger partial charge >= 0.3 is 0 Å². The molecule has 0 bridgehead atoms. The van der Waals surface area contributed by atoms with Gasteiger partial charge in [-0.05, 0) is 76.9 Å². The molecule has 11 aromatic rings. The van der Waals surface area contributed by atoms with Crippen molar-refractivity contribution in [1.82, 2.24) is 14.5 Å². The molecule has 3 heterocycles. The molecule has 0 amide bonds. The van der Waals surface area contributed by atoms with Crippen LogP contribution >= 0.6 is 0 Å². The Morgan fingerprint density at radius 2 is 0.781 bits per heavy atom. The Hall–Kier alpha value is -8.60. The van der Waals surface area contributed by atoms with Gasteiger partial charge < -0.3 is 9.47 Å². The number of aromatic nitrogens is 3. The van der Waals surface area contributed by atoms with Gasteiger partial charge in [-0.25, -0.2) is 9.97 Å². The molecule has 0 aliphatic carbocycles. The Morgan fingerprint density at radius 3 is 1.44 bits per heavy atom. The van der Waals surface area contributed by atoms with E-state index in [1.165, 1.54) is 44.4 Å². The molecule has 4 nitrogen and oxygen atoms in total. The molecule has 12 rings (SSSR count). The fraction of sp³-hybridized carbons (Fsp3) is 0. The normalized spacial score (nSPS) is 11.7. The summed E-state index contributed by atoms with van der Waals surface area (Å²) in [7, 11) is 0. The number of anilines is 3. The van der Waals surface area contributed by atoms with Crippen LogP contribution in [0.3, 0.4) is 0 Å². The molecule has 64 heavy (non-hydrogen) atoms. The molecule has 1 aliphatic heterocycles. The molecule has 9 aromatic carbocycles. The molecular formula is C60H40N4. The van der Waals surface area contributed by atoms with Crippen LogP contribution in [0, 0.1) is 0 Å². The van der Waals surface area contributed by atoms with Crippen molar-refractivity contribution in [2.75, 3.05) is 4.90 Å². The fourth-order valence-electron chi connectivity index (χ4n) is 9.33. The maximum atomic E-state index is 5.15. The van der Waals surface area contributed by atoms with Crippen LogP contribution in [-0.2, 0) is 0 Å². The molecule has 1 aliphatic rings. The van der Waals surface area contributed by atoms with Crippen molar-refractivity contribution in [1.29, 1.82) is 0 Å². The lowest BCUT2D eigenvalue weighted by Gasteiger charge is -2.28. The molecule has 0 unspecified atom stereocenters. The predicted octanol–water partition coefficient (Wildman–Crippen LogP) is 15.9. The number of fused-ring (bicyclic) bond motifs is 7. The van der Waals surface area contributed by atoms with Crippen molar-refractivity contribution in [2.24, 2.45) is 0 Å².